The number of amides is 3. The maximum Gasteiger partial charge on any atom is 0.270 e. The highest BCUT2D eigenvalue weighted by Crippen LogP contribution is 2.30. The predicted molar refractivity (Wildman–Crippen MR) is 129 cm³/mol. The summed E-state index contributed by atoms with van der Waals surface area (Å²) in [5.41, 5.74) is 1.41. The number of nitrogens with zero attached hydrogens (tertiary/aromatic N) is 3. The minimum atomic E-state index is -1.01. The summed E-state index contributed by atoms with van der Waals surface area (Å²) >= 11 is 1.42. The van der Waals surface area contributed by atoms with Crippen molar-refractivity contribution in [3.63, 3.8) is 0 Å². The van der Waals surface area contributed by atoms with Gasteiger partial charge < -0.3 is 4.90 Å². The van der Waals surface area contributed by atoms with Crippen LogP contribution in [0.2, 0.25) is 0 Å². The minimum absolute atomic E-state index is 0.0886. The lowest BCUT2D eigenvalue weighted by Crippen LogP contribution is -2.45. The Morgan fingerprint density at radius 1 is 1.15 bits per heavy atom. The van der Waals surface area contributed by atoms with Crippen molar-refractivity contribution in [3.8, 4) is 0 Å². The first-order valence-corrected chi connectivity index (χ1v) is 11.7. The van der Waals surface area contributed by atoms with Gasteiger partial charge in [0.1, 0.15) is 6.04 Å². The van der Waals surface area contributed by atoms with Crippen LogP contribution in [0.4, 0.5) is 11.4 Å². The van der Waals surface area contributed by atoms with Gasteiger partial charge in [-0.25, -0.2) is 4.90 Å². The Hall–Kier alpha value is -3.85. The van der Waals surface area contributed by atoms with E-state index in [0.29, 0.717) is 11.6 Å². The smallest absolute Gasteiger partial charge is 0.270 e. The molecule has 174 valence electrons. The van der Waals surface area contributed by atoms with Gasteiger partial charge in [0, 0.05) is 22.6 Å². The van der Waals surface area contributed by atoms with Crippen LogP contribution in [-0.2, 0) is 16.1 Å². The van der Waals surface area contributed by atoms with Crippen molar-refractivity contribution in [2.75, 3.05) is 4.90 Å². The molecular formula is C25H23N3O5S. The number of anilines is 1. The molecule has 1 aromatic heterocycles. The number of imide groups is 1. The van der Waals surface area contributed by atoms with Crippen molar-refractivity contribution in [1.29, 1.82) is 0 Å². The van der Waals surface area contributed by atoms with E-state index in [1.54, 1.807) is 12.1 Å². The summed E-state index contributed by atoms with van der Waals surface area (Å²) in [6.45, 7) is 4.22. The lowest BCUT2D eigenvalue weighted by Gasteiger charge is -2.27. The molecule has 34 heavy (non-hydrogen) atoms. The minimum Gasteiger partial charge on any atom is -0.321 e. The van der Waals surface area contributed by atoms with Crippen molar-refractivity contribution in [1.82, 2.24) is 4.90 Å². The summed E-state index contributed by atoms with van der Waals surface area (Å²) in [4.78, 5) is 53.7. The van der Waals surface area contributed by atoms with E-state index in [2.05, 4.69) is 13.8 Å². The topological polar surface area (TPSA) is 101 Å². The van der Waals surface area contributed by atoms with Gasteiger partial charge in [0.25, 0.3) is 17.5 Å². The molecule has 1 aliphatic rings. The molecule has 4 rings (SSSR count). The standard InChI is InChI=1S/C25H23N3O5S/c1-16(2)17-8-10-19(11-9-17)27-23(29)14-22(25(27)31)26(15-21-7-4-12-34-21)24(30)18-5-3-6-20(13-18)28(32)33/h3-13,16,22H,14-15H2,1-2H3. The van der Waals surface area contributed by atoms with Crippen molar-refractivity contribution in [2.24, 2.45) is 0 Å². The summed E-state index contributed by atoms with van der Waals surface area (Å²) in [5.74, 6) is -1.12. The van der Waals surface area contributed by atoms with Gasteiger partial charge in [0.15, 0.2) is 0 Å². The second-order valence-electron chi connectivity index (χ2n) is 8.35. The molecule has 1 aliphatic heterocycles. The fourth-order valence-corrected chi connectivity index (χ4v) is 4.65. The molecule has 2 aromatic carbocycles. The number of carbonyl (C=O) groups is 3. The van der Waals surface area contributed by atoms with Crippen molar-refractivity contribution in [3.05, 3.63) is 92.2 Å². The molecule has 8 nitrogen and oxygen atoms in total. The number of hydrogen-bond acceptors (Lipinski definition) is 6. The zero-order chi connectivity index (χ0) is 24.4. The van der Waals surface area contributed by atoms with Gasteiger partial charge in [-0.1, -0.05) is 38.1 Å². The van der Waals surface area contributed by atoms with Crippen LogP contribution in [0.5, 0.6) is 0 Å². The van der Waals surface area contributed by atoms with Gasteiger partial charge in [-0.3, -0.25) is 24.5 Å². The van der Waals surface area contributed by atoms with Crippen LogP contribution in [0, 0.1) is 10.1 Å². The largest absolute Gasteiger partial charge is 0.321 e. The number of non-ortho nitro benzene ring substituents is 1. The third kappa shape index (κ3) is 4.60. The first kappa shape index (κ1) is 23.3. The highest BCUT2D eigenvalue weighted by atomic mass is 32.1. The van der Waals surface area contributed by atoms with Crippen LogP contribution >= 0.6 is 11.3 Å². The lowest BCUT2D eigenvalue weighted by atomic mass is 10.0. The summed E-state index contributed by atoms with van der Waals surface area (Å²) < 4.78 is 0. The Morgan fingerprint density at radius 3 is 2.50 bits per heavy atom. The van der Waals surface area contributed by atoms with Crippen LogP contribution in [0.15, 0.2) is 66.0 Å². The average molecular weight is 478 g/mol. The quantitative estimate of drug-likeness (QED) is 0.278. The molecule has 0 bridgehead atoms. The molecule has 1 unspecified atom stereocenters. The summed E-state index contributed by atoms with van der Waals surface area (Å²) in [7, 11) is 0. The fraction of sp³-hybridized carbons (Fsp3) is 0.240. The Labute approximate surface area is 200 Å². The molecule has 1 atom stereocenters. The van der Waals surface area contributed by atoms with Crippen LogP contribution in [0.1, 0.15) is 47.0 Å². The van der Waals surface area contributed by atoms with E-state index in [9.17, 15) is 24.5 Å². The van der Waals surface area contributed by atoms with E-state index in [0.717, 1.165) is 15.3 Å². The Morgan fingerprint density at radius 2 is 1.88 bits per heavy atom. The zero-order valence-corrected chi connectivity index (χ0v) is 19.5. The molecule has 9 heteroatoms. The Balaban J connectivity index is 1.67. The number of nitro benzene ring substituents is 1. The Bertz CT molecular complexity index is 1240. The monoisotopic (exact) mass is 477 g/mol. The number of benzene rings is 2. The maximum atomic E-state index is 13.5. The molecule has 0 aliphatic carbocycles. The average Bonchev–Trinajstić information content (AvgIpc) is 3.44. The van der Waals surface area contributed by atoms with E-state index in [-0.39, 0.29) is 24.2 Å². The second kappa shape index (κ2) is 9.56. The SMILES string of the molecule is CC(C)c1ccc(N2C(=O)CC(N(Cc3cccs3)C(=O)c3cccc([N+](=O)[O-])c3)C2=O)cc1. The van der Waals surface area contributed by atoms with Gasteiger partial charge in [-0.05, 0) is 41.1 Å². The molecule has 3 aromatic rings. The van der Waals surface area contributed by atoms with Crippen LogP contribution in [0.25, 0.3) is 0 Å². The molecule has 3 amide bonds. The lowest BCUT2D eigenvalue weighted by molar-refractivity contribution is -0.384. The third-order valence-corrected chi connectivity index (χ3v) is 6.65. The Kier molecular flexibility index (Phi) is 6.56. The summed E-state index contributed by atoms with van der Waals surface area (Å²) in [6.07, 6.45) is -0.156. The number of thiophene rings is 1. The maximum absolute atomic E-state index is 13.5. The molecule has 0 spiro atoms. The molecule has 0 radical (unpaired) electrons. The molecule has 0 N–H and O–H groups in total. The highest BCUT2D eigenvalue weighted by Gasteiger charge is 2.44. The van der Waals surface area contributed by atoms with Crippen LogP contribution in [-0.4, -0.2) is 33.6 Å². The molecule has 0 saturated carbocycles. The van der Waals surface area contributed by atoms with Gasteiger partial charge in [0.05, 0.1) is 23.6 Å². The predicted octanol–water partition coefficient (Wildman–Crippen LogP) is 4.75. The zero-order valence-electron chi connectivity index (χ0n) is 18.7. The summed E-state index contributed by atoms with van der Waals surface area (Å²) in [5, 5.41) is 13.1. The van der Waals surface area contributed by atoms with Gasteiger partial charge in [-0.15, -0.1) is 11.3 Å². The van der Waals surface area contributed by atoms with E-state index >= 15 is 0 Å². The van der Waals surface area contributed by atoms with Crippen molar-refractivity contribution in [2.45, 2.75) is 38.8 Å². The normalized spacial score (nSPS) is 15.7. The van der Waals surface area contributed by atoms with Gasteiger partial charge >= 0.3 is 0 Å². The van der Waals surface area contributed by atoms with Crippen LogP contribution in [0.3, 0.4) is 0 Å². The van der Waals surface area contributed by atoms with E-state index in [1.807, 2.05) is 29.6 Å². The highest BCUT2D eigenvalue weighted by molar-refractivity contribution is 7.09. The van der Waals surface area contributed by atoms with E-state index in [4.69, 9.17) is 0 Å². The number of carbonyl (C=O) groups excluding carboxylic acids is 3. The molecule has 1 saturated heterocycles. The number of rotatable bonds is 7. The second-order valence-corrected chi connectivity index (χ2v) is 9.39. The molecular weight excluding hydrogens is 454 g/mol. The first-order valence-electron chi connectivity index (χ1n) is 10.8. The van der Waals surface area contributed by atoms with Crippen molar-refractivity contribution >= 4 is 40.4 Å². The summed E-state index contributed by atoms with van der Waals surface area (Å²) in [6, 6.07) is 15.3. The van der Waals surface area contributed by atoms with Gasteiger partial charge in [0.2, 0.25) is 5.91 Å². The van der Waals surface area contributed by atoms with Crippen LogP contribution < -0.4 is 4.90 Å². The first-order chi connectivity index (χ1) is 16.3. The fourth-order valence-electron chi connectivity index (χ4n) is 3.95. The van der Waals surface area contributed by atoms with E-state index < -0.39 is 28.7 Å². The molecule has 1 fully saturated rings. The van der Waals surface area contributed by atoms with Gasteiger partial charge in [-0.2, -0.15) is 0 Å². The third-order valence-electron chi connectivity index (χ3n) is 5.79. The van der Waals surface area contributed by atoms with E-state index in [1.165, 1.54) is 40.5 Å². The number of hydrogen-bond donors (Lipinski definition) is 0. The molecule has 2 heterocycles. The number of nitro groups is 1. The van der Waals surface area contributed by atoms with Crippen molar-refractivity contribution < 1.29 is 19.3 Å².